The van der Waals surface area contributed by atoms with Gasteiger partial charge in [-0.15, -0.1) is 0 Å². The van der Waals surface area contributed by atoms with Crippen LogP contribution in [-0.2, 0) is 17.5 Å². The summed E-state index contributed by atoms with van der Waals surface area (Å²) in [5, 5.41) is 2.57. The highest BCUT2D eigenvalue weighted by Gasteiger charge is 2.32. The van der Waals surface area contributed by atoms with Crippen LogP contribution in [-0.4, -0.2) is 17.6 Å². The van der Waals surface area contributed by atoms with Crippen LogP contribution in [0.25, 0.3) is 6.08 Å². The van der Waals surface area contributed by atoms with E-state index in [0.717, 1.165) is 17.8 Å². The van der Waals surface area contributed by atoms with Gasteiger partial charge in [0, 0.05) is 12.7 Å². The molecule has 1 heterocycles. The molecule has 0 aliphatic heterocycles. The quantitative estimate of drug-likeness (QED) is 0.784. The van der Waals surface area contributed by atoms with E-state index < -0.39 is 18.0 Å². The Bertz CT molecular complexity index is 716. The first-order valence-corrected chi connectivity index (χ1v) is 7.59. The van der Waals surface area contributed by atoms with Crippen LogP contribution in [0, 0.1) is 0 Å². The predicted octanol–water partition coefficient (Wildman–Crippen LogP) is 4.43. The third-order valence-electron chi connectivity index (χ3n) is 3.18. The zero-order valence-electron chi connectivity index (χ0n) is 13.3. The molecular formula is C18H17F3N2O2. The minimum Gasteiger partial charge on any atom is -0.445 e. The van der Waals surface area contributed by atoms with Crippen LogP contribution in [0.15, 0.2) is 54.7 Å². The number of alkyl halides is 3. The standard InChI is InChI=1S/C18H17F3N2O2/c19-18(20,21)16-12-14(9-11-22-16)6-4-5-10-23-17(24)25-13-15-7-2-1-3-8-15/h1-4,6-9,11-12H,5,10,13H2,(H,23,24). The van der Waals surface area contributed by atoms with E-state index in [4.69, 9.17) is 4.74 Å². The monoisotopic (exact) mass is 350 g/mol. The average Bonchev–Trinajstić information content (AvgIpc) is 2.60. The lowest BCUT2D eigenvalue weighted by atomic mass is 10.2. The summed E-state index contributed by atoms with van der Waals surface area (Å²) in [6, 6.07) is 11.7. The zero-order valence-corrected chi connectivity index (χ0v) is 13.3. The molecule has 0 radical (unpaired) electrons. The predicted molar refractivity (Wildman–Crippen MR) is 87.5 cm³/mol. The third kappa shape index (κ3) is 6.66. The number of hydrogen-bond donors (Lipinski definition) is 1. The molecule has 0 atom stereocenters. The Kier molecular flexibility index (Phi) is 6.56. The van der Waals surface area contributed by atoms with E-state index in [9.17, 15) is 18.0 Å². The molecule has 0 saturated carbocycles. The molecule has 0 saturated heterocycles. The van der Waals surface area contributed by atoms with Gasteiger partial charge in [-0.3, -0.25) is 4.98 Å². The Labute approximate surface area is 143 Å². The van der Waals surface area contributed by atoms with Gasteiger partial charge in [-0.05, 0) is 29.7 Å². The second-order valence-electron chi connectivity index (χ2n) is 5.15. The molecule has 0 spiro atoms. The topological polar surface area (TPSA) is 51.2 Å². The maximum atomic E-state index is 12.5. The van der Waals surface area contributed by atoms with Gasteiger partial charge < -0.3 is 10.1 Å². The first-order chi connectivity index (χ1) is 11.9. The number of benzene rings is 1. The molecule has 0 bridgehead atoms. The zero-order chi connectivity index (χ0) is 18.1. The highest BCUT2D eigenvalue weighted by Crippen LogP contribution is 2.27. The molecule has 7 heteroatoms. The maximum Gasteiger partial charge on any atom is 0.433 e. The Balaban J connectivity index is 1.70. The summed E-state index contributed by atoms with van der Waals surface area (Å²) in [6.07, 6.45) is -0.207. The fraction of sp³-hybridized carbons (Fsp3) is 0.222. The molecule has 132 valence electrons. The van der Waals surface area contributed by atoms with Crippen LogP contribution in [0.3, 0.4) is 0 Å². The lowest BCUT2D eigenvalue weighted by molar-refractivity contribution is -0.141. The number of pyridine rings is 1. The van der Waals surface area contributed by atoms with Gasteiger partial charge in [0.1, 0.15) is 12.3 Å². The second-order valence-corrected chi connectivity index (χ2v) is 5.15. The maximum absolute atomic E-state index is 12.5. The van der Waals surface area contributed by atoms with E-state index in [2.05, 4.69) is 10.3 Å². The molecule has 0 unspecified atom stereocenters. The van der Waals surface area contributed by atoms with Gasteiger partial charge in [-0.25, -0.2) is 4.79 Å². The molecule has 2 aromatic rings. The summed E-state index contributed by atoms with van der Waals surface area (Å²) >= 11 is 0. The summed E-state index contributed by atoms with van der Waals surface area (Å²) in [6.45, 7) is 0.501. The van der Waals surface area contributed by atoms with Crippen molar-refractivity contribution in [3.63, 3.8) is 0 Å². The SMILES string of the molecule is O=C(NCCC=Cc1ccnc(C(F)(F)F)c1)OCc1ccccc1. The van der Waals surface area contributed by atoms with Gasteiger partial charge in [-0.1, -0.05) is 42.5 Å². The number of carbonyl (C=O) groups is 1. The molecule has 1 N–H and O–H groups in total. The molecule has 0 fully saturated rings. The number of ether oxygens (including phenoxy) is 1. The summed E-state index contributed by atoms with van der Waals surface area (Å²) in [7, 11) is 0. The van der Waals surface area contributed by atoms with Gasteiger partial charge >= 0.3 is 12.3 Å². The fourth-order valence-electron chi connectivity index (χ4n) is 1.96. The number of aromatic nitrogens is 1. The number of rotatable bonds is 6. The van der Waals surface area contributed by atoms with Crippen molar-refractivity contribution in [1.29, 1.82) is 0 Å². The van der Waals surface area contributed by atoms with Gasteiger partial charge in [0.2, 0.25) is 0 Å². The number of hydrogen-bond acceptors (Lipinski definition) is 3. The molecule has 1 amide bonds. The second kappa shape index (κ2) is 8.86. The van der Waals surface area contributed by atoms with E-state index in [1.807, 2.05) is 30.3 Å². The van der Waals surface area contributed by atoms with Crippen LogP contribution in [0.4, 0.5) is 18.0 Å². The summed E-state index contributed by atoms with van der Waals surface area (Å²) in [5.41, 5.74) is 0.349. The van der Waals surface area contributed by atoms with Crippen molar-refractivity contribution in [1.82, 2.24) is 10.3 Å². The Morgan fingerprint density at radius 3 is 2.68 bits per heavy atom. The normalized spacial score (nSPS) is 11.5. The Morgan fingerprint density at radius 1 is 1.20 bits per heavy atom. The minimum atomic E-state index is -4.46. The molecule has 0 aliphatic rings. The molecule has 2 rings (SSSR count). The van der Waals surface area contributed by atoms with Gasteiger partial charge in [0.15, 0.2) is 0 Å². The van der Waals surface area contributed by atoms with Gasteiger partial charge in [0.05, 0.1) is 0 Å². The van der Waals surface area contributed by atoms with Crippen molar-refractivity contribution in [3.8, 4) is 0 Å². The number of alkyl carbamates (subject to hydrolysis) is 1. The van der Waals surface area contributed by atoms with Crippen molar-refractivity contribution in [3.05, 3.63) is 71.6 Å². The minimum absolute atomic E-state index is 0.180. The average molecular weight is 350 g/mol. The highest BCUT2D eigenvalue weighted by atomic mass is 19.4. The number of halogens is 3. The van der Waals surface area contributed by atoms with Crippen molar-refractivity contribution in [2.24, 2.45) is 0 Å². The van der Waals surface area contributed by atoms with Crippen molar-refractivity contribution in [2.45, 2.75) is 19.2 Å². The Morgan fingerprint density at radius 2 is 1.96 bits per heavy atom. The lowest BCUT2D eigenvalue weighted by Gasteiger charge is -2.06. The van der Waals surface area contributed by atoms with E-state index in [1.54, 1.807) is 12.2 Å². The van der Waals surface area contributed by atoms with Crippen LogP contribution < -0.4 is 5.32 Å². The molecule has 0 aliphatic carbocycles. The summed E-state index contributed by atoms with van der Waals surface area (Å²) in [5.74, 6) is 0. The molecule has 25 heavy (non-hydrogen) atoms. The molecule has 4 nitrogen and oxygen atoms in total. The van der Waals surface area contributed by atoms with E-state index in [-0.39, 0.29) is 6.61 Å². The van der Waals surface area contributed by atoms with E-state index >= 15 is 0 Å². The van der Waals surface area contributed by atoms with Crippen LogP contribution >= 0.6 is 0 Å². The first-order valence-electron chi connectivity index (χ1n) is 7.59. The lowest BCUT2D eigenvalue weighted by Crippen LogP contribution is -2.24. The van der Waals surface area contributed by atoms with E-state index in [0.29, 0.717) is 18.5 Å². The van der Waals surface area contributed by atoms with Crippen LogP contribution in [0.5, 0.6) is 0 Å². The summed E-state index contributed by atoms with van der Waals surface area (Å²) in [4.78, 5) is 14.8. The third-order valence-corrected chi connectivity index (χ3v) is 3.18. The summed E-state index contributed by atoms with van der Waals surface area (Å²) < 4.78 is 42.7. The van der Waals surface area contributed by atoms with Crippen molar-refractivity contribution < 1.29 is 22.7 Å². The van der Waals surface area contributed by atoms with Crippen LogP contribution in [0.1, 0.15) is 23.2 Å². The highest BCUT2D eigenvalue weighted by molar-refractivity contribution is 5.67. The van der Waals surface area contributed by atoms with E-state index in [1.165, 1.54) is 6.07 Å². The molecular weight excluding hydrogens is 333 g/mol. The number of nitrogens with zero attached hydrogens (tertiary/aromatic N) is 1. The van der Waals surface area contributed by atoms with Crippen LogP contribution in [0.2, 0.25) is 0 Å². The number of nitrogens with one attached hydrogen (secondary N) is 1. The van der Waals surface area contributed by atoms with Gasteiger partial charge in [0.25, 0.3) is 0 Å². The van der Waals surface area contributed by atoms with Crippen molar-refractivity contribution >= 4 is 12.2 Å². The molecule has 1 aromatic carbocycles. The Hall–Kier alpha value is -2.83. The van der Waals surface area contributed by atoms with Crippen molar-refractivity contribution in [2.75, 3.05) is 6.54 Å². The number of carbonyl (C=O) groups excluding carboxylic acids is 1. The fourth-order valence-corrected chi connectivity index (χ4v) is 1.96. The van der Waals surface area contributed by atoms with Gasteiger partial charge in [-0.2, -0.15) is 13.2 Å². The first kappa shape index (κ1) is 18.5. The largest absolute Gasteiger partial charge is 0.445 e. The smallest absolute Gasteiger partial charge is 0.433 e. The number of amides is 1. The molecule has 1 aromatic heterocycles.